The van der Waals surface area contributed by atoms with E-state index in [1.807, 2.05) is 38.1 Å². The van der Waals surface area contributed by atoms with E-state index in [0.717, 1.165) is 16.1 Å². The third-order valence-corrected chi connectivity index (χ3v) is 4.05. The SMILES string of the molecule is COC(=O)c1cc(C)sc1NC(=S)Nc1ccccc1C. The fraction of sp³-hybridized carbons (Fsp3) is 0.200. The Hall–Kier alpha value is -1.92. The molecular weight excluding hydrogens is 304 g/mol. The van der Waals surface area contributed by atoms with Gasteiger partial charge in [-0.3, -0.25) is 0 Å². The standard InChI is InChI=1S/C15H16N2O2S2/c1-9-6-4-5-7-12(9)16-15(20)17-13-11(14(18)19-3)8-10(2)21-13/h4-8H,1-3H3,(H2,16,17,20). The average molecular weight is 320 g/mol. The van der Waals surface area contributed by atoms with Gasteiger partial charge in [-0.25, -0.2) is 4.79 Å². The predicted molar refractivity (Wildman–Crippen MR) is 91.4 cm³/mol. The Kier molecular flexibility index (Phi) is 4.93. The Morgan fingerprint density at radius 1 is 1.24 bits per heavy atom. The lowest BCUT2D eigenvalue weighted by Crippen LogP contribution is -2.20. The average Bonchev–Trinajstić information content (AvgIpc) is 2.81. The molecule has 6 heteroatoms. The van der Waals surface area contributed by atoms with Crippen molar-refractivity contribution in [3.63, 3.8) is 0 Å². The van der Waals surface area contributed by atoms with Crippen LogP contribution >= 0.6 is 23.6 Å². The van der Waals surface area contributed by atoms with E-state index >= 15 is 0 Å². The zero-order valence-corrected chi connectivity index (χ0v) is 13.7. The zero-order chi connectivity index (χ0) is 15.4. The molecule has 0 spiro atoms. The van der Waals surface area contributed by atoms with Gasteiger partial charge in [0.25, 0.3) is 0 Å². The maximum absolute atomic E-state index is 11.7. The molecule has 0 aliphatic carbocycles. The molecule has 21 heavy (non-hydrogen) atoms. The third-order valence-electron chi connectivity index (χ3n) is 2.88. The molecule has 2 rings (SSSR count). The van der Waals surface area contributed by atoms with E-state index in [0.29, 0.717) is 15.7 Å². The lowest BCUT2D eigenvalue weighted by molar-refractivity contribution is 0.0602. The Morgan fingerprint density at radius 3 is 2.62 bits per heavy atom. The number of thiocarbonyl (C=S) groups is 1. The van der Waals surface area contributed by atoms with Crippen molar-refractivity contribution in [3.8, 4) is 0 Å². The van der Waals surface area contributed by atoms with Gasteiger partial charge in [0.15, 0.2) is 5.11 Å². The van der Waals surface area contributed by atoms with Crippen LogP contribution in [0.4, 0.5) is 10.7 Å². The van der Waals surface area contributed by atoms with Gasteiger partial charge < -0.3 is 15.4 Å². The third kappa shape index (κ3) is 3.80. The summed E-state index contributed by atoms with van der Waals surface area (Å²) in [5, 5.41) is 7.31. The van der Waals surface area contributed by atoms with Crippen LogP contribution in [0.5, 0.6) is 0 Å². The van der Waals surface area contributed by atoms with Crippen molar-refractivity contribution in [2.75, 3.05) is 17.7 Å². The topological polar surface area (TPSA) is 50.4 Å². The van der Waals surface area contributed by atoms with Gasteiger partial charge in [0.1, 0.15) is 5.00 Å². The summed E-state index contributed by atoms with van der Waals surface area (Å²) in [6, 6.07) is 9.64. The lowest BCUT2D eigenvalue weighted by Gasteiger charge is -2.12. The van der Waals surface area contributed by atoms with Crippen LogP contribution in [0, 0.1) is 13.8 Å². The number of esters is 1. The van der Waals surface area contributed by atoms with Gasteiger partial charge in [-0.2, -0.15) is 0 Å². The minimum atomic E-state index is -0.374. The number of ether oxygens (including phenoxy) is 1. The molecule has 1 aromatic carbocycles. The Labute approximate surface area is 133 Å². The Balaban J connectivity index is 2.13. The van der Waals surface area contributed by atoms with E-state index in [1.54, 1.807) is 6.07 Å². The van der Waals surface area contributed by atoms with Crippen LogP contribution in [0.1, 0.15) is 20.8 Å². The molecule has 0 aliphatic rings. The van der Waals surface area contributed by atoms with Crippen LogP contribution < -0.4 is 10.6 Å². The van der Waals surface area contributed by atoms with E-state index in [-0.39, 0.29) is 5.97 Å². The number of aryl methyl sites for hydroxylation is 2. The molecule has 4 nitrogen and oxygen atoms in total. The Bertz CT molecular complexity index is 680. The second-order valence-electron chi connectivity index (χ2n) is 4.49. The quantitative estimate of drug-likeness (QED) is 0.662. The summed E-state index contributed by atoms with van der Waals surface area (Å²) in [7, 11) is 1.36. The molecule has 2 aromatic rings. The normalized spacial score (nSPS) is 10.0. The van der Waals surface area contributed by atoms with E-state index in [4.69, 9.17) is 17.0 Å². The summed E-state index contributed by atoms with van der Waals surface area (Å²) in [6.45, 7) is 3.93. The van der Waals surface area contributed by atoms with Gasteiger partial charge in [0.2, 0.25) is 0 Å². The van der Waals surface area contributed by atoms with Gasteiger partial charge in [-0.15, -0.1) is 11.3 Å². The van der Waals surface area contributed by atoms with Crippen LogP contribution in [0.15, 0.2) is 30.3 Å². The highest BCUT2D eigenvalue weighted by atomic mass is 32.1. The molecular formula is C15H16N2O2S2. The number of thiophene rings is 1. The highest BCUT2D eigenvalue weighted by molar-refractivity contribution is 7.80. The van der Waals surface area contributed by atoms with Gasteiger partial charge >= 0.3 is 5.97 Å². The highest BCUT2D eigenvalue weighted by Gasteiger charge is 2.16. The second-order valence-corrected chi connectivity index (χ2v) is 6.15. The summed E-state index contributed by atoms with van der Waals surface area (Å²) in [6.07, 6.45) is 0. The number of hydrogen-bond acceptors (Lipinski definition) is 4. The largest absolute Gasteiger partial charge is 0.465 e. The maximum Gasteiger partial charge on any atom is 0.340 e. The minimum Gasteiger partial charge on any atom is -0.465 e. The van der Waals surface area contributed by atoms with Crippen molar-refractivity contribution in [2.24, 2.45) is 0 Å². The van der Waals surface area contributed by atoms with Crippen molar-refractivity contribution >= 4 is 45.3 Å². The fourth-order valence-corrected chi connectivity index (χ4v) is 3.02. The molecule has 0 atom stereocenters. The monoisotopic (exact) mass is 320 g/mol. The number of para-hydroxylation sites is 1. The molecule has 1 aromatic heterocycles. The van der Waals surface area contributed by atoms with Crippen molar-refractivity contribution in [1.29, 1.82) is 0 Å². The van der Waals surface area contributed by atoms with E-state index in [2.05, 4.69) is 10.6 Å². The van der Waals surface area contributed by atoms with Crippen LogP contribution in [0.25, 0.3) is 0 Å². The number of carbonyl (C=O) groups excluding carboxylic acids is 1. The summed E-state index contributed by atoms with van der Waals surface area (Å²) in [4.78, 5) is 12.7. The van der Waals surface area contributed by atoms with Crippen LogP contribution in [-0.2, 0) is 4.74 Å². The number of carbonyl (C=O) groups is 1. The first-order valence-electron chi connectivity index (χ1n) is 6.33. The number of methoxy groups -OCH3 is 1. The maximum atomic E-state index is 11.7. The summed E-state index contributed by atoms with van der Waals surface area (Å²) in [5.41, 5.74) is 2.52. The van der Waals surface area contributed by atoms with Crippen molar-refractivity contribution < 1.29 is 9.53 Å². The zero-order valence-electron chi connectivity index (χ0n) is 12.0. The summed E-state index contributed by atoms with van der Waals surface area (Å²) < 4.78 is 4.77. The van der Waals surface area contributed by atoms with E-state index in [9.17, 15) is 4.79 Å². The molecule has 110 valence electrons. The Morgan fingerprint density at radius 2 is 1.95 bits per heavy atom. The van der Waals surface area contributed by atoms with Gasteiger partial charge in [-0.1, -0.05) is 18.2 Å². The van der Waals surface area contributed by atoms with Crippen molar-refractivity contribution in [2.45, 2.75) is 13.8 Å². The van der Waals surface area contributed by atoms with E-state index in [1.165, 1.54) is 18.4 Å². The first-order chi connectivity index (χ1) is 10.0. The number of rotatable bonds is 3. The summed E-state index contributed by atoms with van der Waals surface area (Å²) >= 11 is 6.76. The molecule has 2 N–H and O–H groups in total. The molecule has 0 aliphatic heterocycles. The van der Waals surface area contributed by atoms with Crippen LogP contribution in [0.3, 0.4) is 0 Å². The van der Waals surface area contributed by atoms with Crippen LogP contribution in [0.2, 0.25) is 0 Å². The fourth-order valence-electron chi connectivity index (χ4n) is 1.84. The molecule has 0 fully saturated rings. The molecule has 0 saturated carbocycles. The molecule has 0 amide bonds. The number of nitrogens with one attached hydrogen (secondary N) is 2. The summed E-state index contributed by atoms with van der Waals surface area (Å²) in [5.74, 6) is -0.374. The first kappa shape index (κ1) is 15.5. The number of anilines is 2. The second kappa shape index (κ2) is 6.69. The van der Waals surface area contributed by atoms with Crippen LogP contribution in [-0.4, -0.2) is 18.2 Å². The molecule has 0 saturated heterocycles. The first-order valence-corrected chi connectivity index (χ1v) is 7.56. The number of benzene rings is 1. The highest BCUT2D eigenvalue weighted by Crippen LogP contribution is 2.28. The van der Waals surface area contributed by atoms with Crippen molar-refractivity contribution in [1.82, 2.24) is 0 Å². The van der Waals surface area contributed by atoms with Gasteiger partial charge in [0, 0.05) is 10.6 Å². The van der Waals surface area contributed by atoms with Gasteiger partial charge in [0.05, 0.1) is 12.7 Å². The minimum absolute atomic E-state index is 0.374. The number of hydrogen-bond donors (Lipinski definition) is 2. The van der Waals surface area contributed by atoms with Crippen molar-refractivity contribution in [3.05, 3.63) is 46.3 Å². The van der Waals surface area contributed by atoms with E-state index < -0.39 is 0 Å². The van der Waals surface area contributed by atoms with Gasteiger partial charge in [-0.05, 0) is 43.8 Å². The molecule has 0 radical (unpaired) electrons. The molecule has 0 bridgehead atoms. The predicted octanol–water partition coefficient (Wildman–Crippen LogP) is 3.96. The molecule has 1 heterocycles. The lowest BCUT2D eigenvalue weighted by atomic mass is 10.2. The smallest absolute Gasteiger partial charge is 0.340 e. The molecule has 0 unspecified atom stereocenters.